The smallest absolute Gasteiger partial charge is 0.341 e. The van der Waals surface area contributed by atoms with Crippen LogP contribution in [-0.2, 0) is 46.3 Å². The summed E-state index contributed by atoms with van der Waals surface area (Å²) in [5.74, 6) is 3.84. The van der Waals surface area contributed by atoms with E-state index < -0.39 is 50.7 Å². The molecule has 0 aliphatic heterocycles. The highest BCUT2D eigenvalue weighted by molar-refractivity contribution is 7.55. The summed E-state index contributed by atoms with van der Waals surface area (Å²) in [6.07, 6.45) is -1.11. The zero-order valence-electron chi connectivity index (χ0n) is 20.2. The second-order valence-corrected chi connectivity index (χ2v) is 11.5. The van der Waals surface area contributed by atoms with Gasteiger partial charge in [0.15, 0.2) is 11.2 Å². The monoisotopic (exact) mass is 498 g/mol. The lowest BCUT2D eigenvalue weighted by atomic mass is 10.1. The number of carbonyl (C=O) groups is 2. The van der Waals surface area contributed by atoms with Crippen LogP contribution in [0.4, 0.5) is 0 Å². The molecule has 0 unspecified atom stereocenters. The summed E-state index contributed by atoms with van der Waals surface area (Å²) < 4.78 is 55.9. The Morgan fingerprint density at radius 3 is 1.09 bits per heavy atom. The normalized spacial score (nSPS) is 12.6. The zero-order valence-corrected chi connectivity index (χ0v) is 22.0. The first-order chi connectivity index (χ1) is 14.7. The minimum absolute atomic E-state index is 0.118. The molecule has 12 heteroatoms. The van der Waals surface area contributed by atoms with Crippen molar-refractivity contribution in [1.29, 1.82) is 0 Å². The van der Waals surface area contributed by atoms with Crippen molar-refractivity contribution in [3.63, 3.8) is 0 Å². The highest BCUT2D eigenvalue weighted by Gasteiger charge is 2.33. The maximum absolute atomic E-state index is 12.5. The van der Waals surface area contributed by atoms with Crippen LogP contribution in [0, 0.1) is 11.8 Å². The summed E-state index contributed by atoms with van der Waals surface area (Å²) in [5.41, 5.74) is -2.56. The van der Waals surface area contributed by atoms with E-state index in [2.05, 4.69) is 11.8 Å². The fourth-order valence-electron chi connectivity index (χ4n) is 2.35. The van der Waals surface area contributed by atoms with Gasteiger partial charge < -0.3 is 27.6 Å². The summed E-state index contributed by atoms with van der Waals surface area (Å²) in [4.78, 5) is 24.5. The second kappa shape index (κ2) is 13.5. The Kier molecular flexibility index (Phi) is 13.0. The maximum Gasteiger partial charge on any atom is 0.341 e. The van der Waals surface area contributed by atoms with Gasteiger partial charge in [0.05, 0.1) is 26.4 Å². The number of carbonyl (C=O) groups excluding carboxylic acids is 2. The van der Waals surface area contributed by atoms with E-state index in [1.165, 1.54) is 27.7 Å². The van der Waals surface area contributed by atoms with E-state index in [-0.39, 0.29) is 26.4 Å². The largest absolute Gasteiger partial charge is 0.446 e. The molecule has 0 fully saturated rings. The third kappa shape index (κ3) is 12.7. The lowest BCUT2D eigenvalue weighted by Gasteiger charge is -2.24. The van der Waals surface area contributed by atoms with Crippen LogP contribution in [0.1, 0.15) is 55.4 Å². The first kappa shape index (κ1) is 30.8. The molecule has 0 saturated carbocycles. The Bertz CT molecular complexity index is 697. The lowest BCUT2D eigenvalue weighted by molar-refractivity contribution is -0.150. The predicted molar refractivity (Wildman–Crippen MR) is 120 cm³/mol. The molecule has 10 nitrogen and oxygen atoms in total. The van der Waals surface area contributed by atoms with Crippen LogP contribution in [0.3, 0.4) is 0 Å². The fraction of sp³-hybridized carbons (Fsp3) is 0.800. The standard InChI is InChI=1S/C20H36O10P2/c1-9-25-31(23,26-10-2)15-17(21)29-19(5,6)13-14-20(7,8)30-18(22)16-32(24,27-11-3)28-12-4/h9-12,15-16H2,1-8H3. The van der Waals surface area contributed by atoms with Crippen molar-refractivity contribution in [3.05, 3.63) is 0 Å². The molecular weight excluding hydrogens is 462 g/mol. The van der Waals surface area contributed by atoms with Crippen LogP contribution in [0.2, 0.25) is 0 Å². The molecule has 0 aromatic heterocycles. The van der Waals surface area contributed by atoms with E-state index in [4.69, 9.17) is 27.6 Å². The number of hydrogen-bond donors (Lipinski definition) is 0. The summed E-state index contributed by atoms with van der Waals surface area (Å²) in [7, 11) is -7.21. The molecule has 0 radical (unpaired) electrons. The van der Waals surface area contributed by atoms with Crippen molar-refractivity contribution >= 4 is 27.1 Å². The molecule has 0 bridgehead atoms. The van der Waals surface area contributed by atoms with Gasteiger partial charge in [0, 0.05) is 0 Å². The summed E-state index contributed by atoms with van der Waals surface area (Å²) in [6, 6.07) is 0. The molecule has 0 rings (SSSR count). The molecule has 0 aromatic carbocycles. The van der Waals surface area contributed by atoms with Gasteiger partial charge in [-0.25, -0.2) is 0 Å². The molecule has 0 aliphatic carbocycles. The molecule has 32 heavy (non-hydrogen) atoms. The first-order valence-corrected chi connectivity index (χ1v) is 13.8. The van der Waals surface area contributed by atoms with Gasteiger partial charge in [-0.15, -0.1) is 0 Å². The first-order valence-electron chi connectivity index (χ1n) is 10.4. The molecule has 0 spiro atoms. The van der Waals surface area contributed by atoms with Crippen molar-refractivity contribution in [2.24, 2.45) is 0 Å². The van der Waals surface area contributed by atoms with Crippen LogP contribution in [0.5, 0.6) is 0 Å². The molecule has 0 heterocycles. The van der Waals surface area contributed by atoms with E-state index in [1.54, 1.807) is 27.7 Å². The minimum atomic E-state index is -3.61. The highest BCUT2D eigenvalue weighted by Crippen LogP contribution is 2.48. The van der Waals surface area contributed by atoms with E-state index in [1.807, 2.05) is 0 Å². The van der Waals surface area contributed by atoms with Gasteiger partial charge in [0.2, 0.25) is 0 Å². The van der Waals surface area contributed by atoms with Crippen molar-refractivity contribution < 1.29 is 46.3 Å². The average Bonchev–Trinajstić information content (AvgIpc) is 2.59. The Morgan fingerprint density at radius 2 is 0.875 bits per heavy atom. The van der Waals surface area contributed by atoms with Gasteiger partial charge in [-0.05, 0) is 55.4 Å². The van der Waals surface area contributed by atoms with Crippen LogP contribution >= 0.6 is 15.2 Å². The second-order valence-electron chi connectivity index (χ2n) is 7.43. The number of ether oxygens (including phenoxy) is 2. The maximum atomic E-state index is 12.5. The summed E-state index contributed by atoms with van der Waals surface area (Å²) >= 11 is 0. The molecule has 0 saturated heterocycles. The lowest BCUT2D eigenvalue weighted by Crippen LogP contribution is -2.31. The van der Waals surface area contributed by atoms with Crippen molar-refractivity contribution in [3.8, 4) is 11.8 Å². The predicted octanol–water partition coefficient (Wildman–Crippen LogP) is 4.17. The Morgan fingerprint density at radius 1 is 0.625 bits per heavy atom. The SMILES string of the molecule is CCOP(=O)(CC(=O)OC(C)(C)C#CC(C)(C)OC(=O)CP(=O)(OCC)OCC)OCC. The molecule has 0 N–H and O–H groups in total. The van der Waals surface area contributed by atoms with E-state index >= 15 is 0 Å². The van der Waals surface area contributed by atoms with Crippen molar-refractivity contribution in [2.75, 3.05) is 38.8 Å². The average molecular weight is 498 g/mol. The van der Waals surface area contributed by atoms with E-state index in [0.29, 0.717) is 0 Å². The van der Waals surface area contributed by atoms with Gasteiger partial charge in [-0.1, -0.05) is 11.8 Å². The van der Waals surface area contributed by atoms with Gasteiger partial charge in [-0.2, -0.15) is 0 Å². The Hall–Kier alpha value is -1.20. The van der Waals surface area contributed by atoms with Crippen molar-refractivity contribution in [2.45, 2.75) is 66.6 Å². The van der Waals surface area contributed by atoms with Crippen molar-refractivity contribution in [1.82, 2.24) is 0 Å². The molecule has 0 aromatic rings. The highest BCUT2D eigenvalue weighted by atomic mass is 31.2. The molecule has 186 valence electrons. The summed E-state index contributed by atoms with van der Waals surface area (Å²) in [5, 5.41) is 0. The van der Waals surface area contributed by atoms with Gasteiger partial charge in [-0.3, -0.25) is 18.7 Å². The van der Waals surface area contributed by atoms with Gasteiger partial charge in [0.1, 0.15) is 12.3 Å². The number of rotatable bonds is 14. The summed E-state index contributed by atoms with van der Waals surface area (Å²) in [6.45, 7) is 13.1. The Balaban J connectivity index is 5.15. The molecule has 0 atom stereocenters. The van der Waals surface area contributed by atoms with Crippen LogP contribution in [-0.4, -0.2) is 61.9 Å². The van der Waals surface area contributed by atoms with Gasteiger partial charge >= 0.3 is 27.1 Å². The zero-order chi connectivity index (χ0) is 25.1. The van der Waals surface area contributed by atoms with Gasteiger partial charge in [0.25, 0.3) is 0 Å². The van der Waals surface area contributed by atoms with Crippen LogP contribution in [0.15, 0.2) is 0 Å². The quantitative estimate of drug-likeness (QED) is 0.196. The van der Waals surface area contributed by atoms with E-state index in [0.717, 1.165) is 0 Å². The Labute approximate surface area is 191 Å². The molecule has 0 aliphatic rings. The fourth-order valence-corrected chi connectivity index (χ4v) is 5.20. The van der Waals surface area contributed by atoms with Crippen LogP contribution < -0.4 is 0 Å². The third-order valence-electron chi connectivity index (χ3n) is 3.35. The topological polar surface area (TPSA) is 124 Å². The third-order valence-corrected chi connectivity index (χ3v) is 7.25. The molecular formula is C20H36O10P2. The molecule has 0 amide bonds. The number of hydrogen-bond acceptors (Lipinski definition) is 10. The number of esters is 2. The van der Waals surface area contributed by atoms with E-state index in [9.17, 15) is 18.7 Å². The minimum Gasteiger partial charge on any atom is -0.446 e. The van der Waals surface area contributed by atoms with Crippen LogP contribution in [0.25, 0.3) is 0 Å².